The Morgan fingerprint density at radius 2 is 2.60 bits per heavy atom. The highest BCUT2D eigenvalue weighted by Gasteiger charge is 2.17. The quantitative estimate of drug-likeness (QED) is 0.607. The maximum Gasteiger partial charge on any atom is 0.345 e. The van der Waals surface area contributed by atoms with Gasteiger partial charge in [0.2, 0.25) is 0 Å². The summed E-state index contributed by atoms with van der Waals surface area (Å²) in [4.78, 5) is 17.9. The number of nitrogens with one attached hydrogen (secondary N) is 1. The second kappa shape index (κ2) is 3.81. The molecule has 0 aliphatic carbocycles. The minimum atomic E-state index is -0.483. The number of hydrogen-bond acceptors (Lipinski definition) is 7. The molecule has 0 spiro atoms. The number of aromatic nitrogens is 1. The van der Waals surface area contributed by atoms with E-state index in [0.29, 0.717) is 17.8 Å². The van der Waals surface area contributed by atoms with Crippen LogP contribution in [0, 0.1) is 10.1 Å². The molecule has 1 aliphatic rings. The summed E-state index contributed by atoms with van der Waals surface area (Å²) in [6, 6.07) is 0.481. The van der Waals surface area contributed by atoms with Crippen molar-refractivity contribution < 1.29 is 9.66 Å². The van der Waals surface area contributed by atoms with Crippen LogP contribution in [0.25, 0.3) is 0 Å². The van der Waals surface area contributed by atoms with E-state index >= 15 is 0 Å². The van der Waals surface area contributed by atoms with Crippen LogP contribution < -0.4 is 5.32 Å². The van der Waals surface area contributed by atoms with E-state index in [-0.39, 0.29) is 11.0 Å². The Kier molecular flexibility index (Phi) is 2.50. The van der Waals surface area contributed by atoms with Crippen molar-refractivity contribution in [2.75, 3.05) is 11.9 Å². The predicted molar refractivity (Wildman–Crippen MR) is 55.2 cm³/mol. The molecular weight excluding hydrogens is 220 g/mol. The van der Waals surface area contributed by atoms with Crippen LogP contribution in [-0.2, 0) is 4.74 Å². The number of anilines is 1. The molecule has 1 aliphatic heterocycles. The summed E-state index contributed by atoms with van der Waals surface area (Å²) in [5.41, 5.74) is 0. The van der Waals surface area contributed by atoms with E-state index in [9.17, 15) is 10.1 Å². The highest BCUT2D eigenvalue weighted by molar-refractivity contribution is 7.18. The molecular formula is C7H8N4O3S. The van der Waals surface area contributed by atoms with Crippen molar-refractivity contribution in [3.63, 3.8) is 0 Å². The van der Waals surface area contributed by atoms with E-state index in [1.54, 1.807) is 0 Å². The van der Waals surface area contributed by atoms with Gasteiger partial charge in [-0.1, -0.05) is 0 Å². The zero-order valence-electron chi connectivity index (χ0n) is 7.84. The summed E-state index contributed by atoms with van der Waals surface area (Å²) in [6.45, 7) is 2.44. The van der Waals surface area contributed by atoms with E-state index < -0.39 is 4.92 Å². The molecule has 1 aromatic heterocycles. The maximum atomic E-state index is 10.4. The molecule has 80 valence electrons. The van der Waals surface area contributed by atoms with Crippen molar-refractivity contribution in [3.05, 3.63) is 16.3 Å². The number of thiazole rings is 1. The van der Waals surface area contributed by atoms with E-state index in [1.165, 1.54) is 6.20 Å². The number of ether oxygens (including phenoxy) is 1. The van der Waals surface area contributed by atoms with Gasteiger partial charge in [0.1, 0.15) is 12.8 Å². The highest BCUT2D eigenvalue weighted by Crippen LogP contribution is 2.25. The van der Waals surface area contributed by atoms with Gasteiger partial charge in [0.25, 0.3) is 6.02 Å². The van der Waals surface area contributed by atoms with Crippen molar-refractivity contribution in [3.8, 4) is 0 Å². The zero-order valence-corrected chi connectivity index (χ0v) is 8.65. The van der Waals surface area contributed by atoms with Gasteiger partial charge >= 0.3 is 5.00 Å². The molecule has 0 saturated carbocycles. The first kappa shape index (κ1) is 9.84. The van der Waals surface area contributed by atoms with E-state index in [0.717, 1.165) is 11.3 Å². The standard InChI is InChI=1S/C7H8N4O3S/c1-4-3-14-6(9-4)10-7-8-2-5(15-7)11(12)13/h2,4H,3H2,1H3,(H,8,9,10). The lowest BCUT2D eigenvalue weighted by Crippen LogP contribution is -2.11. The summed E-state index contributed by atoms with van der Waals surface area (Å²) in [5.74, 6) is 0. The zero-order chi connectivity index (χ0) is 10.8. The summed E-state index contributed by atoms with van der Waals surface area (Å²) in [6.07, 6.45) is 1.20. The molecule has 15 heavy (non-hydrogen) atoms. The van der Waals surface area contributed by atoms with E-state index in [1.807, 2.05) is 6.92 Å². The van der Waals surface area contributed by atoms with Crippen LogP contribution in [0.5, 0.6) is 0 Å². The number of amidine groups is 1. The van der Waals surface area contributed by atoms with Gasteiger partial charge in [-0.25, -0.2) is 9.98 Å². The van der Waals surface area contributed by atoms with Crippen molar-refractivity contribution in [1.29, 1.82) is 0 Å². The third-order valence-electron chi connectivity index (χ3n) is 1.69. The molecule has 8 heteroatoms. The summed E-state index contributed by atoms with van der Waals surface area (Å²) < 4.78 is 5.17. The number of nitrogens with zero attached hydrogens (tertiary/aromatic N) is 3. The van der Waals surface area contributed by atoms with Crippen molar-refractivity contribution in [1.82, 2.24) is 4.98 Å². The van der Waals surface area contributed by atoms with Crippen LogP contribution in [0.3, 0.4) is 0 Å². The normalized spacial score (nSPS) is 19.5. The lowest BCUT2D eigenvalue weighted by atomic mass is 10.4. The number of nitro groups is 1. The van der Waals surface area contributed by atoms with Crippen LogP contribution in [0.4, 0.5) is 10.1 Å². The number of hydrogen-bond donors (Lipinski definition) is 1. The molecule has 1 N–H and O–H groups in total. The van der Waals surface area contributed by atoms with Crippen LogP contribution in [0.2, 0.25) is 0 Å². The number of rotatable bonds is 2. The van der Waals surface area contributed by atoms with Crippen LogP contribution in [0.1, 0.15) is 6.92 Å². The molecule has 1 atom stereocenters. The fourth-order valence-electron chi connectivity index (χ4n) is 1.04. The minimum absolute atomic E-state index is 0.0101. The van der Waals surface area contributed by atoms with E-state index in [2.05, 4.69) is 15.3 Å². The van der Waals surface area contributed by atoms with Gasteiger partial charge in [-0.05, 0) is 18.3 Å². The van der Waals surface area contributed by atoms with Gasteiger partial charge < -0.3 is 4.74 Å². The Labute approximate surface area is 89.0 Å². The molecule has 0 amide bonds. The third-order valence-corrected chi connectivity index (χ3v) is 2.55. The monoisotopic (exact) mass is 228 g/mol. The first-order chi connectivity index (χ1) is 7.15. The molecule has 0 fully saturated rings. The molecule has 0 aromatic carbocycles. The van der Waals surface area contributed by atoms with Crippen LogP contribution >= 0.6 is 11.3 Å². The second-order valence-corrected chi connectivity index (χ2v) is 3.99. The van der Waals surface area contributed by atoms with Crippen LogP contribution in [-0.4, -0.2) is 28.6 Å². The summed E-state index contributed by atoms with van der Waals surface area (Å²) in [5, 5.41) is 13.6. The average Bonchev–Trinajstić information content (AvgIpc) is 2.76. The lowest BCUT2D eigenvalue weighted by Gasteiger charge is -1.99. The Hall–Kier alpha value is -1.70. The van der Waals surface area contributed by atoms with Crippen LogP contribution in [0.15, 0.2) is 11.2 Å². The first-order valence-corrected chi connectivity index (χ1v) is 5.04. The van der Waals surface area contributed by atoms with Gasteiger partial charge in [0, 0.05) is 0 Å². The molecule has 2 rings (SSSR count). The SMILES string of the molecule is CC1COC(Nc2ncc([N+](=O)[O-])s2)=N1. The van der Waals surface area contributed by atoms with Gasteiger partial charge in [0.05, 0.1) is 11.0 Å². The summed E-state index contributed by atoms with van der Waals surface area (Å²) in [7, 11) is 0. The molecule has 2 heterocycles. The Bertz CT molecular complexity index is 416. The van der Waals surface area contributed by atoms with Crippen molar-refractivity contribution >= 4 is 27.5 Å². The highest BCUT2D eigenvalue weighted by atomic mass is 32.1. The Balaban J connectivity index is 2.05. The molecule has 1 aromatic rings. The molecule has 7 nitrogen and oxygen atoms in total. The van der Waals surface area contributed by atoms with Gasteiger partial charge in [-0.3, -0.25) is 15.4 Å². The fraction of sp³-hybridized carbons (Fsp3) is 0.429. The molecule has 0 bridgehead atoms. The average molecular weight is 228 g/mol. The second-order valence-electron chi connectivity index (χ2n) is 2.98. The first-order valence-electron chi connectivity index (χ1n) is 4.23. The van der Waals surface area contributed by atoms with E-state index in [4.69, 9.17) is 4.74 Å². The van der Waals surface area contributed by atoms with Gasteiger partial charge in [-0.15, -0.1) is 0 Å². The van der Waals surface area contributed by atoms with Crippen molar-refractivity contribution in [2.24, 2.45) is 4.99 Å². The lowest BCUT2D eigenvalue weighted by molar-refractivity contribution is -0.380. The molecule has 0 saturated heterocycles. The number of aliphatic imine (C=N–C) groups is 1. The Morgan fingerprint density at radius 1 is 1.80 bits per heavy atom. The molecule has 0 radical (unpaired) electrons. The minimum Gasteiger partial charge on any atom is -0.463 e. The summed E-state index contributed by atoms with van der Waals surface area (Å²) >= 11 is 0.947. The van der Waals surface area contributed by atoms with Gasteiger partial charge in [-0.2, -0.15) is 0 Å². The Morgan fingerprint density at radius 3 is 3.13 bits per heavy atom. The van der Waals surface area contributed by atoms with Crippen molar-refractivity contribution in [2.45, 2.75) is 13.0 Å². The third kappa shape index (κ3) is 2.21. The topological polar surface area (TPSA) is 89.6 Å². The predicted octanol–water partition coefficient (Wildman–Crippen LogP) is 1.24. The maximum absolute atomic E-state index is 10.4. The largest absolute Gasteiger partial charge is 0.463 e. The molecule has 1 unspecified atom stereocenters. The smallest absolute Gasteiger partial charge is 0.345 e. The fourth-order valence-corrected chi connectivity index (χ4v) is 1.66. The van der Waals surface area contributed by atoms with Gasteiger partial charge in [0.15, 0.2) is 5.13 Å².